The van der Waals surface area contributed by atoms with Gasteiger partial charge in [-0.1, -0.05) is 20.8 Å². The predicted octanol–water partition coefficient (Wildman–Crippen LogP) is 1.23. The molecule has 0 bridgehead atoms. The highest BCUT2D eigenvalue weighted by Gasteiger charge is 2.12. The fraction of sp³-hybridized carbons (Fsp3) is 0.875. The van der Waals surface area contributed by atoms with Crippen LogP contribution in [0.1, 0.15) is 27.2 Å². The molecular formula is C8H16O2. The van der Waals surface area contributed by atoms with Crippen LogP contribution in [0, 0.1) is 11.8 Å². The maximum atomic E-state index is 10.2. The molecule has 2 heteroatoms. The molecule has 0 saturated carbocycles. The fourth-order valence-corrected chi connectivity index (χ4v) is 0.709. The van der Waals surface area contributed by atoms with Gasteiger partial charge in [0, 0.05) is 5.92 Å². The second-order valence-corrected chi connectivity index (χ2v) is 3.16. The monoisotopic (exact) mass is 144 g/mol. The molecule has 10 heavy (non-hydrogen) atoms. The van der Waals surface area contributed by atoms with Crippen molar-refractivity contribution in [1.82, 2.24) is 0 Å². The van der Waals surface area contributed by atoms with Crippen LogP contribution in [0.3, 0.4) is 0 Å². The third kappa shape index (κ3) is 3.62. The average molecular weight is 144 g/mol. The van der Waals surface area contributed by atoms with E-state index in [9.17, 15) is 9.90 Å². The van der Waals surface area contributed by atoms with Crippen LogP contribution in [0.5, 0.6) is 0 Å². The first-order valence-electron chi connectivity index (χ1n) is 3.71. The Kier molecular flexibility index (Phi) is 4.28. The number of hydrogen-bond acceptors (Lipinski definition) is 2. The van der Waals surface area contributed by atoms with Crippen LogP contribution in [0.25, 0.3) is 0 Å². The van der Waals surface area contributed by atoms with E-state index in [0.717, 1.165) is 6.29 Å². The molecule has 0 radical (unpaired) electrons. The van der Waals surface area contributed by atoms with Gasteiger partial charge in [0.1, 0.15) is 6.29 Å². The minimum Gasteiger partial charge on any atom is -0.393 e. The number of aliphatic hydroxyl groups is 1. The van der Waals surface area contributed by atoms with Crippen molar-refractivity contribution in [3.8, 4) is 0 Å². The lowest BCUT2D eigenvalue weighted by Gasteiger charge is -2.15. The minimum atomic E-state index is -0.333. The van der Waals surface area contributed by atoms with E-state index in [1.165, 1.54) is 0 Å². The van der Waals surface area contributed by atoms with Crippen molar-refractivity contribution in [3.63, 3.8) is 0 Å². The number of aldehydes is 1. The Bertz CT molecular complexity index is 99.4. The van der Waals surface area contributed by atoms with E-state index < -0.39 is 0 Å². The third-order valence-corrected chi connectivity index (χ3v) is 1.62. The van der Waals surface area contributed by atoms with Gasteiger partial charge in [0.25, 0.3) is 0 Å². The van der Waals surface area contributed by atoms with Gasteiger partial charge in [-0.3, -0.25) is 0 Å². The summed E-state index contributed by atoms with van der Waals surface area (Å²) in [5.74, 6) is 0.236. The molecule has 0 aliphatic carbocycles. The van der Waals surface area contributed by atoms with Crippen LogP contribution in [-0.2, 0) is 4.79 Å². The van der Waals surface area contributed by atoms with Gasteiger partial charge in [0.05, 0.1) is 6.10 Å². The Balaban J connectivity index is 3.56. The van der Waals surface area contributed by atoms with Crippen molar-refractivity contribution < 1.29 is 9.90 Å². The fourth-order valence-electron chi connectivity index (χ4n) is 0.709. The summed E-state index contributed by atoms with van der Waals surface area (Å²) in [4.78, 5) is 10.2. The zero-order chi connectivity index (χ0) is 8.15. The Morgan fingerprint density at radius 3 is 2.20 bits per heavy atom. The number of aliphatic hydroxyl groups excluding tert-OH is 1. The van der Waals surface area contributed by atoms with Crippen molar-refractivity contribution in [2.75, 3.05) is 0 Å². The van der Waals surface area contributed by atoms with E-state index in [1.807, 2.05) is 20.8 Å². The molecule has 0 rings (SSSR count). The van der Waals surface area contributed by atoms with E-state index in [-0.39, 0.29) is 17.9 Å². The number of carbonyl (C=O) groups is 1. The first kappa shape index (κ1) is 9.63. The molecule has 2 nitrogen and oxygen atoms in total. The van der Waals surface area contributed by atoms with Gasteiger partial charge in [0.15, 0.2) is 0 Å². The molecular weight excluding hydrogens is 128 g/mol. The summed E-state index contributed by atoms with van der Waals surface area (Å²) in [5, 5.41) is 9.27. The molecule has 0 saturated heterocycles. The second kappa shape index (κ2) is 4.45. The van der Waals surface area contributed by atoms with Crippen LogP contribution in [0.4, 0.5) is 0 Å². The van der Waals surface area contributed by atoms with Gasteiger partial charge in [-0.25, -0.2) is 0 Å². The van der Waals surface area contributed by atoms with E-state index in [1.54, 1.807) is 0 Å². The molecule has 2 unspecified atom stereocenters. The molecule has 0 aliphatic heterocycles. The van der Waals surface area contributed by atoms with Crippen LogP contribution < -0.4 is 0 Å². The number of hydrogen-bond donors (Lipinski definition) is 1. The summed E-state index contributed by atoms with van der Waals surface area (Å²) in [6.45, 7) is 5.71. The van der Waals surface area contributed by atoms with Crippen molar-refractivity contribution >= 4 is 6.29 Å². The molecule has 0 aromatic carbocycles. The van der Waals surface area contributed by atoms with Crippen LogP contribution >= 0.6 is 0 Å². The molecule has 0 spiro atoms. The van der Waals surface area contributed by atoms with E-state index in [0.29, 0.717) is 6.42 Å². The normalized spacial score (nSPS) is 16.9. The lowest BCUT2D eigenvalue weighted by atomic mass is 9.97. The topological polar surface area (TPSA) is 37.3 Å². The third-order valence-electron chi connectivity index (χ3n) is 1.62. The van der Waals surface area contributed by atoms with Crippen LogP contribution in [0.2, 0.25) is 0 Å². The smallest absolute Gasteiger partial charge is 0.122 e. The van der Waals surface area contributed by atoms with Gasteiger partial charge < -0.3 is 9.90 Å². The molecule has 0 fully saturated rings. The second-order valence-electron chi connectivity index (χ2n) is 3.16. The highest BCUT2D eigenvalue weighted by Crippen LogP contribution is 2.10. The molecule has 0 aliphatic rings. The summed E-state index contributed by atoms with van der Waals surface area (Å²) in [5.41, 5.74) is 0. The van der Waals surface area contributed by atoms with E-state index in [2.05, 4.69) is 0 Å². The van der Waals surface area contributed by atoms with Gasteiger partial charge in [-0.2, -0.15) is 0 Å². The summed E-state index contributed by atoms with van der Waals surface area (Å²) in [6, 6.07) is 0. The lowest BCUT2D eigenvalue weighted by molar-refractivity contribution is -0.111. The molecule has 60 valence electrons. The zero-order valence-corrected chi connectivity index (χ0v) is 6.87. The Hall–Kier alpha value is -0.370. The van der Waals surface area contributed by atoms with Crippen molar-refractivity contribution in [2.45, 2.75) is 33.3 Å². The van der Waals surface area contributed by atoms with Crippen molar-refractivity contribution in [3.05, 3.63) is 0 Å². The van der Waals surface area contributed by atoms with Crippen molar-refractivity contribution in [2.24, 2.45) is 11.8 Å². The maximum Gasteiger partial charge on any atom is 0.122 e. The van der Waals surface area contributed by atoms with Crippen molar-refractivity contribution in [1.29, 1.82) is 0 Å². The maximum absolute atomic E-state index is 10.2. The summed E-state index contributed by atoms with van der Waals surface area (Å²) in [6.07, 6.45) is 1.13. The highest BCUT2D eigenvalue weighted by molar-refractivity contribution is 5.52. The minimum absolute atomic E-state index is 0.0163. The van der Waals surface area contributed by atoms with Gasteiger partial charge >= 0.3 is 0 Å². The summed E-state index contributed by atoms with van der Waals surface area (Å²) in [7, 11) is 0. The number of rotatable bonds is 4. The molecule has 0 aromatic heterocycles. The zero-order valence-electron chi connectivity index (χ0n) is 6.87. The molecule has 2 atom stereocenters. The summed E-state index contributed by atoms with van der Waals surface area (Å²) < 4.78 is 0. The van der Waals surface area contributed by atoms with E-state index >= 15 is 0 Å². The van der Waals surface area contributed by atoms with Crippen LogP contribution in [-0.4, -0.2) is 17.5 Å². The Morgan fingerprint density at radius 1 is 1.40 bits per heavy atom. The van der Waals surface area contributed by atoms with Crippen LogP contribution in [0.15, 0.2) is 0 Å². The largest absolute Gasteiger partial charge is 0.393 e. The van der Waals surface area contributed by atoms with Gasteiger partial charge in [0.2, 0.25) is 0 Å². The Morgan fingerprint density at radius 2 is 1.90 bits per heavy atom. The van der Waals surface area contributed by atoms with Gasteiger partial charge in [-0.15, -0.1) is 0 Å². The SMILES string of the molecule is CC(C=O)CC(O)C(C)C. The molecule has 0 aromatic rings. The predicted molar refractivity (Wildman–Crippen MR) is 40.7 cm³/mol. The Labute approximate surface area is 62.2 Å². The van der Waals surface area contributed by atoms with Gasteiger partial charge in [-0.05, 0) is 12.3 Å². The lowest BCUT2D eigenvalue weighted by Crippen LogP contribution is -2.18. The first-order valence-corrected chi connectivity index (χ1v) is 3.71. The molecule has 1 N–H and O–H groups in total. The first-order chi connectivity index (χ1) is 4.57. The molecule has 0 amide bonds. The highest BCUT2D eigenvalue weighted by atomic mass is 16.3. The quantitative estimate of drug-likeness (QED) is 0.602. The average Bonchev–Trinajstić information content (AvgIpc) is 1.87. The summed E-state index contributed by atoms with van der Waals surface area (Å²) >= 11 is 0. The number of carbonyl (C=O) groups excluding carboxylic acids is 1. The standard InChI is InChI=1S/C8H16O2/c1-6(2)8(10)4-7(3)5-9/h5-8,10H,4H2,1-3H3. The van der Waals surface area contributed by atoms with E-state index in [4.69, 9.17) is 0 Å². The molecule has 0 heterocycles.